The molecule has 2 aromatic carbocycles. The van der Waals surface area contributed by atoms with E-state index in [0.717, 1.165) is 12.1 Å². The number of carbonyl (C=O) groups excluding carboxylic acids is 2. The Hall–Kier alpha value is -2.76. The van der Waals surface area contributed by atoms with Crippen LogP contribution < -0.4 is 10.1 Å². The number of nitrogens with one attached hydrogen (secondary N) is 1. The van der Waals surface area contributed by atoms with Crippen molar-refractivity contribution in [2.45, 2.75) is 19.9 Å². The molecule has 0 aliphatic carbocycles. The smallest absolute Gasteiger partial charge is 0.334 e. The summed E-state index contributed by atoms with van der Waals surface area (Å²) in [5.74, 6) is -2.12. The normalized spacial score (nSPS) is 11.9. The fourth-order valence-corrected chi connectivity index (χ4v) is 2.01. The molecule has 2 rings (SSSR count). The van der Waals surface area contributed by atoms with Crippen molar-refractivity contribution >= 4 is 11.9 Å². The van der Waals surface area contributed by atoms with E-state index >= 15 is 0 Å². The third kappa shape index (κ3) is 4.62. The number of rotatable bonds is 5. The van der Waals surface area contributed by atoms with Gasteiger partial charge in [0, 0.05) is 5.56 Å². The second-order valence-corrected chi connectivity index (χ2v) is 5.58. The van der Waals surface area contributed by atoms with Gasteiger partial charge in [0.05, 0.1) is 0 Å². The zero-order chi connectivity index (χ0) is 17.7. The van der Waals surface area contributed by atoms with Crippen LogP contribution >= 0.6 is 0 Å². The highest BCUT2D eigenvalue weighted by Gasteiger charge is 2.26. The lowest BCUT2D eigenvalue weighted by molar-refractivity contribution is -0.137. The summed E-state index contributed by atoms with van der Waals surface area (Å²) in [5.41, 5.74) is 0.233. The zero-order valence-electron chi connectivity index (χ0n) is 13.3. The summed E-state index contributed by atoms with van der Waals surface area (Å²) in [7, 11) is 0. The van der Waals surface area contributed by atoms with E-state index in [4.69, 9.17) is 4.74 Å². The van der Waals surface area contributed by atoms with Crippen molar-refractivity contribution < 1.29 is 23.1 Å². The first-order valence-corrected chi connectivity index (χ1v) is 7.40. The molecular formula is C18H17F2NO3. The first-order valence-electron chi connectivity index (χ1n) is 7.40. The molecule has 24 heavy (non-hydrogen) atoms. The molecule has 1 amide bonds. The van der Waals surface area contributed by atoms with Gasteiger partial charge in [-0.25, -0.2) is 13.6 Å². The van der Waals surface area contributed by atoms with Crippen LogP contribution in [0, 0.1) is 17.6 Å². The van der Waals surface area contributed by atoms with Crippen LogP contribution in [0.3, 0.4) is 0 Å². The molecule has 1 atom stereocenters. The lowest BCUT2D eigenvalue weighted by atomic mass is 10.0. The van der Waals surface area contributed by atoms with Crippen molar-refractivity contribution in [3.8, 4) is 5.75 Å². The first-order chi connectivity index (χ1) is 11.4. The lowest BCUT2D eigenvalue weighted by Crippen LogP contribution is -2.46. The second-order valence-electron chi connectivity index (χ2n) is 5.58. The standard InChI is InChI=1S/C18H17F2NO3/c1-11(2)16(18(23)24-15-9-7-14(20)8-10-15)21-17(22)12-3-5-13(19)6-4-12/h3-11,16H,1-2H3,(H,21,22). The van der Waals surface area contributed by atoms with Gasteiger partial charge in [-0.05, 0) is 54.4 Å². The Morgan fingerprint density at radius 1 is 0.917 bits per heavy atom. The van der Waals surface area contributed by atoms with Crippen molar-refractivity contribution in [2.24, 2.45) is 5.92 Å². The summed E-state index contributed by atoms with van der Waals surface area (Å²) in [5, 5.41) is 2.57. The molecule has 1 unspecified atom stereocenters. The third-order valence-electron chi connectivity index (χ3n) is 3.35. The van der Waals surface area contributed by atoms with E-state index in [1.54, 1.807) is 13.8 Å². The van der Waals surface area contributed by atoms with Gasteiger partial charge in [-0.3, -0.25) is 4.79 Å². The average molecular weight is 333 g/mol. The molecular weight excluding hydrogens is 316 g/mol. The van der Waals surface area contributed by atoms with Gasteiger partial charge in [0.1, 0.15) is 23.4 Å². The van der Waals surface area contributed by atoms with Gasteiger partial charge in [0.15, 0.2) is 0 Å². The van der Waals surface area contributed by atoms with Gasteiger partial charge in [-0.15, -0.1) is 0 Å². The Bertz CT molecular complexity index is 712. The number of esters is 1. The second kappa shape index (κ2) is 7.68. The lowest BCUT2D eigenvalue weighted by Gasteiger charge is -2.20. The van der Waals surface area contributed by atoms with Gasteiger partial charge in [-0.1, -0.05) is 13.8 Å². The molecule has 4 nitrogen and oxygen atoms in total. The van der Waals surface area contributed by atoms with Gasteiger partial charge < -0.3 is 10.1 Å². The largest absolute Gasteiger partial charge is 0.425 e. The van der Waals surface area contributed by atoms with Crippen LogP contribution in [-0.4, -0.2) is 17.9 Å². The molecule has 1 N–H and O–H groups in total. The fraction of sp³-hybridized carbons (Fsp3) is 0.222. The molecule has 0 saturated carbocycles. The maximum Gasteiger partial charge on any atom is 0.334 e. The van der Waals surface area contributed by atoms with E-state index < -0.39 is 29.6 Å². The Balaban J connectivity index is 2.07. The summed E-state index contributed by atoms with van der Waals surface area (Å²) in [6.07, 6.45) is 0. The maximum absolute atomic E-state index is 12.9. The molecule has 0 saturated heterocycles. The number of ether oxygens (including phenoxy) is 1. The number of hydrogen-bond donors (Lipinski definition) is 1. The van der Waals surface area contributed by atoms with E-state index in [1.807, 2.05) is 0 Å². The Labute approximate surface area is 138 Å². The minimum atomic E-state index is -0.896. The molecule has 126 valence electrons. The summed E-state index contributed by atoms with van der Waals surface area (Å²) < 4.78 is 31.0. The minimum Gasteiger partial charge on any atom is -0.425 e. The Morgan fingerprint density at radius 3 is 1.92 bits per heavy atom. The zero-order valence-corrected chi connectivity index (χ0v) is 13.3. The Morgan fingerprint density at radius 2 is 1.42 bits per heavy atom. The molecule has 0 aromatic heterocycles. The average Bonchev–Trinajstić information content (AvgIpc) is 2.54. The number of hydrogen-bond acceptors (Lipinski definition) is 3. The molecule has 0 spiro atoms. The minimum absolute atomic E-state index is 0.183. The molecule has 0 aliphatic rings. The van der Waals surface area contributed by atoms with Crippen LogP contribution in [0.15, 0.2) is 48.5 Å². The predicted octanol–water partition coefficient (Wildman–Crippen LogP) is 3.32. The number of halogens is 2. The number of carbonyl (C=O) groups is 2. The van der Waals surface area contributed by atoms with E-state index in [-0.39, 0.29) is 17.2 Å². The van der Waals surface area contributed by atoms with Crippen LogP contribution in [0.5, 0.6) is 5.75 Å². The number of benzene rings is 2. The highest BCUT2D eigenvalue weighted by atomic mass is 19.1. The molecule has 2 aromatic rings. The van der Waals surface area contributed by atoms with Crippen LogP contribution in [0.1, 0.15) is 24.2 Å². The van der Waals surface area contributed by atoms with E-state index in [1.165, 1.54) is 36.4 Å². The van der Waals surface area contributed by atoms with E-state index in [0.29, 0.717) is 0 Å². The van der Waals surface area contributed by atoms with Crippen molar-refractivity contribution in [1.82, 2.24) is 5.32 Å². The molecule has 0 aliphatic heterocycles. The predicted molar refractivity (Wildman–Crippen MR) is 84.5 cm³/mol. The van der Waals surface area contributed by atoms with Crippen LogP contribution in [0.25, 0.3) is 0 Å². The van der Waals surface area contributed by atoms with Crippen molar-refractivity contribution in [3.05, 3.63) is 65.7 Å². The van der Waals surface area contributed by atoms with Crippen molar-refractivity contribution in [2.75, 3.05) is 0 Å². The van der Waals surface area contributed by atoms with Gasteiger partial charge in [0.2, 0.25) is 0 Å². The molecule has 0 heterocycles. The van der Waals surface area contributed by atoms with Gasteiger partial charge in [0.25, 0.3) is 5.91 Å². The molecule has 6 heteroatoms. The van der Waals surface area contributed by atoms with E-state index in [9.17, 15) is 18.4 Å². The SMILES string of the molecule is CC(C)C(NC(=O)c1ccc(F)cc1)C(=O)Oc1ccc(F)cc1. The highest BCUT2D eigenvalue weighted by Crippen LogP contribution is 2.14. The fourth-order valence-electron chi connectivity index (χ4n) is 2.01. The summed E-state index contributed by atoms with van der Waals surface area (Å²) in [6, 6.07) is 9.08. The highest BCUT2D eigenvalue weighted by molar-refractivity contribution is 5.97. The van der Waals surface area contributed by atoms with E-state index in [2.05, 4.69) is 5.32 Å². The molecule has 0 fully saturated rings. The van der Waals surface area contributed by atoms with Crippen LogP contribution in [0.2, 0.25) is 0 Å². The molecule has 0 radical (unpaired) electrons. The maximum atomic E-state index is 12.9. The van der Waals surface area contributed by atoms with Crippen LogP contribution in [-0.2, 0) is 4.79 Å². The monoisotopic (exact) mass is 333 g/mol. The summed E-state index contributed by atoms with van der Waals surface area (Å²) >= 11 is 0. The van der Waals surface area contributed by atoms with Crippen molar-refractivity contribution in [3.63, 3.8) is 0 Å². The van der Waals surface area contributed by atoms with Gasteiger partial charge in [-0.2, -0.15) is 0 Å². The first kappa shape index (κ1) is 17.6. The number of amides is 1. The van der Waals surface area contributed by atoms with Crippen molar-refractivity contribution in [1.29, 1.82) is 0 Å². The Kier molecular flexibility index (Phi) is 5.63. The molecule has 0 bridgehead atoms. The summed E-state index contributed by atoms with van der Waals surface area (Å²) in [4.78, 5) is 24.5. The quantitative estimate of drug-likeness (QED) is 0.674. The third-order valence-corrected chi connectivity index (χ3v) is 3.35. The van der Waals surface area contributed by atoms with Crippen LogP contribution in [0.4, 0.5) is 8.78 Å². The van der Waals surface area contributed by atoms with Gasteiger partial charge >= 0.3 is 5.97 Å². The topological polar surface area (TPSA) is 55.4 Å². The summed E-state index contributed by atoms with van der Waals surface area (Å²) in [6.45, 7) is 3.50.